The summed E-state index contributed by atoms with van der Waals surface area (Å²) < 4.78 is 95.1. The van der Waals surface area contributed by atoms with Crippen molar-refractivity contribution < 1.29 is 86.7 Å². The van der Waals surface area contributed by atoms with E-state index in [4.69, 9.17) is 66.3 Å². The van der Waals surface area contributed by atoms with Crippen LogP contribution in [-0.4, -0.2) is 215 Å². The molecule has 394 valence electrons. The Hall–Kier alpha value is -0.720. The summed E-state index contributed by atoms with van der Waals surface area (Å²) in [5.41, 5.74) is -1.16. The highest BCUT2D eigenvalue weighted by Crippen LogP contribution is 2.52. The molecule has 0 amide bonds. The second-order valence-electron chi connectivity index (χ2n) is 24.6. The second kappa shape index (κ2) is 18.2. The van der Waals surface area contributed by atoms with Crippen molar-refractivity contribution in [1.82, 2.24) is 0 Å². The fraction of sp³-hybridized carbons (Fsp3) is 1.00. The summed E-state index contributed by atoms with van der Waals surface area (Å²) >= 11 is 0. The standard InChI is InChI=1S/C52H78O18/c1-22-24(54)11-31-33(57-22)16-41-27(59-31)4-6-47-51(2,69-41)20-45-39(65-47)15-35-36(64-45)14-34-37(61-35)17-42-28(60-34)5-7-48-52(3,70-42)21-46-40(66-48)19-44-50(68-46)26(56)13-32-38(63-44)18-43-49(67-32)25(55)12-30-29(62-43)10-23(58-30)8-9-53/h22-50,53-56H,4-21H2,1-3H3/t22-,23+,24+,25+,26+,27+,28+,29+,30-,31-,32-,33+,34-,35-,36+,37+,38+,39+,40+,41-,42-,43-,44-,45-,46-,47-,48-,49+,50+,51+,52+/m1/s1. The molecule has 14 fully saturated rings. The molecule has 0 unspecified atom stereocenters. The Kier molecular flexibility index (Phi) is 12.4. The zero-order valence-electron chi connectivity index (χ0n) is 41.0. The van der Waals surface area contributed by atoms with Gasteiger partial charge in [-0.25, -0.2) is 0 Å². The van der Waals surface area contributed by atoms with Crippen LogP contribution in [0.1, 0.15) is 130 Å². The first-order chi connectivity index (χ1) is 33.8. The Balaban J connectivity index is 0.609. The van der Waals surface area contributed by atoms with Gasteiger partial charge in [-0.05, 0) is 52.9 Å². The van der Waals surface area contributed by atoms with E-state index in [0.717, 1.165) is 57.8 Å². The molecule has 0 aromatic carbocycles. The van der Waals surface area contributed by atoms with Gasteiger partial charge in [0.1, 0.15) is 12.2 Å². The topological polar surface area (TPSA) is 210 Å². The van der Waals surface area contributed by atoms with Gasteiger partial charge in [0.2, 0.25) is 0 Å². The minimum absolute atomic E-state index is 0.0500. The molecule has 14 aliphatic heterocycles. The molecule has 0 aromatic rings. The first kappa shape index (κ1) is 47.7. The molecule has 0 radical (unpaired) electrons. The molecule has 0 spiro atoms. The molecule has 0 bridgehead atoms. The van der Waals surface area contributed by atoms with Crippen LogP contribution in [0.2, 0.25) is 0 Å². The third-order valence-corrected chi connectivity index (χ3v) is 20.0. The molecule has 14 saturated heterocycles. The van der Waals surface area contributed by atoms with Crippen molar-refractivity contribution in [2.24, 2.45) is 0 Å². The third-order valence-electron chi connectivity index (χ3n) is 20.0. The van der Waals surface area contributed by atoms with Crippen molar-refractivity contribution >= 4 is 0 Å². The minimum Gasteiger partial charge on any atom is -0.396 e. The van der Waals surface area contributed by atoms with Crippen LogP contribution in [0.25, 0.3) is 0 Å². The summed E-state index contributed by atoms with van der Waals surface area (Å²) in [5, 5.41) is 43.2. The lowest BCUT2D eigenvalue weighted by molar-refractivity contribution is -0.329. The fourth-order valence-electron chi connectivity index (χ4n) is 16.3. The fourth-order valence-corrected chi connectivity index (χ4v) is 16.3. The maximum atomic E-state index is 11.8. The van der Waals surface area contributed by atoms with Crippen LogP contribution in [-0.2, 0) is 66.3 Å². The van der Waals surface area contributed by atoms with Crippen molar-refractivity contribution in [3.05, 3.63) is 0 Å². The molecule has 0 saturated carbocycles. The highest BCUT2D eigenvalue weighted by Gasteiger charge is 2.62. The van der Waals surface area contributed by atoms with Gasteiger partial charge in [0.05, 0.1) is 176 Å². The Morgan fingerprint density at radius 2 is 0.729 bits per heavy atom. The monoisotopic (exact) mass is 991 g/mol. The maximum Gasteiger partial charge on any atom is 0.110 e. The van der Waals surface area contributed by atoms with E-state index in [2.05, 4.69) is 13.8 Å². The molecule has 14 rings (SSSR count). The molecule has 31 atom stereocenters. The highest BCUT2D eigenvalue weighted by atomic mass is 16.7. The van der Waals surface area contributed by atoms with Gasteiger partial charge in [-0.1, -0.05) is 0 Å². The van der Waals surface area contributed by atoms with Crippen LogP contribution in [0.3, 0.4) is 0 Å². The van der Waals surface area contributed by atoms with Crippen LogP contribution in [0.4, 0.5) is 0 Å². The number of aliphatic hydroxyl groups is 4. The van der Waals surface area contributed by atoms with E-state index < -0.39 is 53.9 Å². The van der Waals surface area contributed by atoms with Crippen LogP contribution in [0.15, 0.2) is 0 Å². The summed E-state index contributed by atoms with van der Waals surface area (Å²) in [6, 6.07) is 0. The van der Waals surface area contributed by atoms with Gasteiger partial charge < -0.3 is 86.7 Å². The molecular formula is C52H78O18. The van der Waals surface area contributed by atoms with Gasteiger partial charge in [-0.15, -0.1) is 0 Å². The van der Waals surface area contributed by atoms with E-state index in [0.29, 0.717) is 51.4 Å². The molecular weight excluding hydrogens is 913 g/mol. The van der Waals surface area contributed by atoms with Crippen molar-refractivity contribution in [1.29, 1.82) is 0 Å². The van der Waals surface area contributed by atoms with Gasteiger partial charge in [-0.2, -0.15) is 0 Å². The lowest BCUT2D eigenvalue weighted by Crippen LogP contribution is -2.65. The molecule has 70 heavy (non-hydrogen) atoms. The Morgan fingerprint density at radius 3 is 1.29 bits per heavy atom. The lowest BCUT2D eigenvalue weighted by atomic mass is 9.80. The average molecular weight is 991 g/mol. The Bertz CT molecular complexity index is 1900. The van der Waals surface area contributed by atoms with Crippen molar-refractivity contribution in [3.8, 4) is 0 Å². The zero-order chi connectivity index (χ0) is 47.4. The summed E-state index contributed by atoms with van der Waals surface area (Å²) in [5.74, 6) is 0. The van der Waals surface area contributed by atoms with E-state index in [9.17, 15) is 20.4 Å². The summed E-state index contributed by atoms with van der Waals surface area (Å²) in [6.45, 7) is 6.34. The zero-order valence-corrected chi connectivity index (χ0v) is 41.0. The quantitative estimate of drug-likeness (QED) is 0.313. The predicted octanol–water partition coefficient (Wildman–Crippen LogP) is 2.24. The third kappa shape index (κ3) is 8.34. The Morgan fingerprint density at radius 1 is 0.357 bits per heavy atom. The molecule has 0 aliphatic carbocycles. The average Bonchev–Trinajstić information content (AvgIpc) is 3.38. The van der Waals surface area contributed by atoms with E-state index in [1.165, 1.54) is 0 Å². The predicted molar refractivity (Wildman–Crippen MR) is 240 cm³/mol. The van der Waals surface area contributed by atoms with Crippen LogP contribution in [0, 0.1) is 0 Å². The molecule has 18 heteroatoms. The molecule has 18 nitrogen and oxygen atoms in total. The number of rotatable bonds is 2. The molecule has 4 N–H and O–H groups in total. The van der Waals surface area contributed by atoms with Crippen molar-refractivity contribution in [2.45, 2.75) is 318 Å². The number of hydrogen-bond donors (Lipinski definition) is 4. The number of aliphatic hydroxyl groups excluding tert-OH is 4. The Labute approximate surface area is 410 Å². The summed E-state index contributed by atoms with van der Waals surface area (Å²) in [6.07, 6.45) is 3.71. The van der Waals surface area contributed by atoms with Crippen LogP contribution < -0.4 is 0 Å². The first-order valence-corrected chi connectivity index (χ1v) is 27.7. The van der Waals surface area contributed by atoms with Crippen LogP contribution in [0.5, 0.6) is 0 Å². The van der Waals surface area contributed by atoms with Crippen LogP contribution >= 0.6 is 0 Å². The minimum atomic E-state index is -0.827. The van der Waals surface area contributed by atoms with Gasteiger partial charge in [0, 0.05) is 83.7 Å². The number of fused-ring (bicyclic) bond motifs is 13. The van der Waals surface area contributed by atoms with Gasteiger partial charge >= 0.3 is 0 Å². The van der Waals surface area contributed by atoms with Crippen molar-refractivity contribution in [3.63, 3.8) is 0 Å². The van der Waals surface area contributed by atoms with E-state index in [1.807, 2.05) is 6.92 Å². The summed E-state index contributed by atoms with van der Waals surface area (Å²) in [7, 11) is 0. The normalized spacial score (nSPS) is 61.2. The maximum absolute atomic E-state index is 11.8. The SMILES string of the molecule is C[C@H]1O[C@H]2C[C@H]3O[C@@]4(C)C[C@H]5O[C@H]6C[C@H]7O[C@H]8CC[C@H]9O[C@H]%10C[C@H]%11O[C@H]%12C[C@H]%13O[C@H]%14C[C@H](CCO)O[C@@H]%14C[C@H](O)[C@@H]%13O[C@@H]%12C[C@H](O)[C@@H]%11O[C@@H]%10C[C@]9(C)O[C@@H]8C[C@@H]7O[C@@H]6C[C@@H]5O[C@@H]4CC[C@@H]3O[C@@H]2C[C@@H]1O. The molecule has 0 aromatic heterocycles. The smallest absolute Gasteiger partial charge is 0.110 e. The van der Waals surface area contributed by atoms with E-state index in [-0.39, 0.29) is 141 Å². The largest absolute Gasteiger partial charge is 0.396 e. The van der Waals surface area contributed by atoms with Crippen molar-refractivity contribution in [2.75, 3.05) is 6.61 Å². The number of hydrogen-bond acceptors (Lipinski definition) is 18. The lowest BCUT2D eigenvalue weighted by Gasteiger charge is -2.56. The van der Waals surface area contributed by atoms with E-state index >= 15 is 0 Å². The number of ether oxygens (including phenoxy) is 14. The van der Waals surface area contributed by atoms with E-state index in [1.54, 1.807) is 0 Å². The van der Waals surface area contributed by atoms with Gasteiger partial charge in [0.25, 0.3) is 0 Å². The first-order valence-electron chi connectivity index (χ1n) is 27.7. The molecule has 14 aliphatic rings. The highest BCUT2D eigenvalue weighted by molar-refractivity contribution is 5.09. The second-order valence-corrected chi connectivity index (χ2v) is 24.6. The molecule has 14 heterocycles. The summed E-state index contributed by atoms with van der Waals surface area (Å²) in [4.78, 5) is 0. The van der Waals surface area contributed by atoms with Gasteiger partial charge in [0.15, 0.2) is 0 Å². The van der Waals surface area contributed by atoms with Gasteiger partial charge in [-0.3, -0.25) is 0 Å².